The maximum Gasteiger partial charge on any atom is 0.332 e. The second-order valence-corrected chi connectivity index (χ2v) is 7.41. The molecular formula is C17H21NO3S. The first-order valence-electron chi connectivity index (χ1n) is 7.58. The fourth-order valence-electron chi connectivity index (χ4n) is 3.13. The van der Waals surface area contributed by atoms with Crippen molar-refractivity contribution in [3.05, 3.63) is 35.9 Å². The number of carbonyl (C=O) groups excluding carboxylic acids is 1. The average Bonchev–Trinajstić information content (AvgIpc) is 3.11. The fraction of sp³-hybridized carbons (Fsp3) is 0.529. The molecule has 0 N–H and O–H groups in total. The predicted octanol–water partition coefficient (Wildman–Crippen LogP) is 3.06. The Morgan fingerprint density at radius 1 is 1.41 bits per heavy atom. The largest absolute Gasteiger partial charge is 0.467 e. The SMILES string of the molecule is COC(=O)C1N=C(C)SC12CC2CCOCc1ccccc1. The zero-order chi connectivity index (χ0) is 15.6. The van der Waals surface area contributed by atoms with Gasteiger partial charge in [0, 0.05) is 6.61 Å². The van der Waals surface area contributed by atoms with Crippen molar-refractivity contribution >= 4 is 22.8 Å². The Morgan fingerprint density at radius 2 is 2.18 bits per heavy atom. The van der Waals surface area contributed by atoms with Crippen molar-refractivity contribution in [1.29, 1.82) is 0 Å². The van der Waals surface area contributed by atoms with Gasteiger partial charge in [-0.3, -0.25) is 4.99 Å². The quantitative estimate of drug-likeness (QED) is 0.597. The van der Waals surface area contributed by atoms with Gasteiger partial charge in [0.25, 0.3) is 0 Å². The zero-order valence-electron chi connectivity index (χ0n) is 13.0. The van der Waals surface area contributed by atoms with E-state index in [9.17, 15) is 4.79 Å². The smallest absolute Gasteiger partial charge is 0.332 e. The van der Waals surface area contributed by atoms with Gasteiger partial charge in [0.15, 0.2) is 6.04 Å². The summed E-state index contributed by atoms with van der Waals surface area (Å²) in [7, 11) is 1.43. The van der Waals surface area contributed by atoms with Gasteiger partial charge in [-0.2, -0.15) is 0 Å². The summed E-state index contributed by atoms with van der Waals surface area (Å²) in [5.41, 5.74) is 1.19. The van der Waals surface area contributed by atoms with Crippen LogP contribution in [0.4, 0.5) is 0 Å². The van der Waals surface area contributed by atoms with E-state index in [4.69, 9.17) is 9.47 Å². The number of hydrogen-bond acceptors (Lipinski definition) is 5. The van der Waals surface area contributed by atoms with Gasteiger partial charge in [-0.1, -0.05) is 30.3 Å². The molecule has 1 aromatic carbocycles. The summed E-state index contributed by atoms with van der Waals surface area (Å²) < 4.78 is 10.6. The minimum absolute atomic E-state index is 0.0622. The van der Waals surface area contributed by atoms with Crippen molar-refractivity contribution in [2.75, 3.05) is 13.7 Å². The Bertz CT molecular complexity index is 575. The van der Waals surface area contributed by atoms with Crippen LogP contribution in [0, 0.1) is 5.92 Å². The molecule has 1 heterocycles. The number of ether oxygens (including phenoxy) is 2. The first kappa shape index (κ1) is 15.6. The molecule has 3 unspecified atom stereocenters. The molecule has 0 radical (unpaired) electrons. The van der Waals surface area contributed by atoms with Crippen molar-refractivity contribution in [3.8, 4) is 0 Å². The molecule has 1 aliphatic carbocycles. The maximum atomic E-state index is 11.9. The molecule has 0 aromatic heterocycles. The van der Waals surface area contributed by atoms with Crippen LogP contribution in [0.25, 0.3) is 0 Å². The molecule has 1 aromatic rings. The molecule has 1 aliphatic heterocycles. The van der Waals surface area contributed by atoms with Crippen LogP contribution >= 0.6 is 11.8 Å². The van der Waals surface area contributed by atoms with Crippen LogP contribution in [0.15, 0.2) is 35.3 Å². The third-order valence-corrected chi connectivity index (χ3v) is 5.86. The summed E-state index contributed by atoms with van der Waals surface area (Å²) in [5.74, 6) is 0.274. The molecule has 4 nitrogen and oxygen atoms in total. The van der Waals surface area contributed by atoms with Gasteiger partial charge in [0.2, 0.25) is 0 Å². The van der Waals surface area contributed by atoms with Gasteiger partial charge >= 0.3 is 5.97 Å². The number of hydrogen-bond donors (Lipinski definition) is 0. The number of methoxy groups -OCH3 is 1. The zero-order valence-corrected chi connectivity index (χ0v) is 13.8. The van der Waals surface area contributed by atoms with Crippen molar-refractivity contribution in [1.82, 2.24) is 0 Å². The summed E-state index contributed by atoms with van der Waals surface area (Å²) >= 11 is 1.74. The topological polar surface area (TPSA) is 47.9 Å². The lowest BCUT2D eigenvalue weighted by Gasteiger charge is -2.15. The molecule has 5 heteroatoms. The highest BCUT2D eigenvalue weighted by molar-refractivity contribution is 8.15. The van der Waals surface area contributed by atoms with E-state index in [1.54, 1.807) is 11.8 Å². The van der Waals surface area contributed by atoms with E-state index in [0.29, 0.717) is 12.5 Å². The van der Waals surface area contributed by atoms with Crippen molar-refractivity contribution < 1.29 is 14.3 Å². The monoisotopic (exact) mass is 319 g/mol. The Morgan fingerprint density at radius 3 is 2.91 bits per heavy atom. The first-order valence-corrected chi connectivity index (χ1v) is 8.40. The Hall–Kier alpha value is -1.33. The molecular weight excluding hydrogens is 298 g/mol. The van der Waals surface area contributed by atoms with Crippen LogP contribution in [0.5, 0.6) is 0 Å². The van der Waals surface area contributed by atoms with E-state index < -0.39 is 0 Å². The first-order chi connectivity index (χ1) is 10.7. The molecule has 1 spiro atoms. The molecule has 2 aliphatic rings. The summed E-state index contributed by atoms with van der Waals surface area (Å²) in [6, 6.07) is 9.84. The van der Waals surface area contributed by atoms with Crippen LogP contribution in [0.3, 0.4) is 0 Å². The summed E-state index contributed by atoms with van der Waals surface area (Å²) in [6.07, 6.45) is 1.99. The number of benzene rings is 1. The minimum atomic E-state index is -0.332. The lowest BCUT2D eigenvalue weighted by atomic mass is 10.1. The van der Waals surface area contributed by atoms with Gasteiger partial charge in [0.05, 0.1) is 23.5 Å². The van der Waals surface area contributed by atoms with E-state index in [1.165, 1.54) is 12.7 Å². The predicted molar refractivity (Wildman–Crippen MR) is 88.1 cm³/mol. The summed E-state index contributed by atoms with van der Waals surface area (Å²) in [6.45, 7) is 3.33. The van der Waals surface area contributed by atoms with Gasteiger partial charge in [-0.25, -0.2) is 4.79 Å². The van der Waals surface area contributed by atoms with E-state index in [-0.39, 0.29) is 16.8 Å². The third-order valence-electron chi connectivity index (χ3n) is 4.35. The molecule has 1 fully saturated rings. The Labute approximate surface area is 135 Å². The lowest BCUT2D eigenvalue weighted by molar-refractivity contribution is -0.142. The van der Waals surface area contributed by atoms with E-state index in [0.717, 1.165) is 24.5 Å². The van der Waals surface area contributed by atoms with E-state index >= 15 is 0 Å². The maximum absolute atomic E-state index is 11.9. The molecule has 3 rings (SSSR count). The van der Waals surface area contributed by atoms with Gasteiger partial charge in [-0.05, 0) is 31.2 Å². The summed E-state index contributed by atoms with van der Waals surface area (Å²) in [4.78, 5) is 16.4. The molecule has 0 saturated heterocycles. The summed E-state index contributed by atoms with van der Waals surface area (Å²) in [5, 5.41) is 0.989. The Balaban J connectivity index is 1.47. The van der Waals surface area contributed by atoms with Crippen LogP contribution in [-0.2, 0) is 20.9 Å². The standard InChI is InChI=1S/C17H21NO3S/c1-12-18-15(16(19)20-2)17(22-12)10-14(17)8-9-21-11-13-6-4-3-5-7-13/h3-7,14-15H,8-11H2,1-2H3. The molecule has 0 bridgehead atoms. The van der Waals surface area contributed by atoms with E-state index in [1.807, 2.05) is 25.1 Å². The number of carbonyl (C=O) groups is 1. The molecule has 0 amide bonds. The van der Waals surface area contributed by atoms with Crippen LogP contribution in [-0.4, -0.2) is 35.5 Å². The number of rotatable bonds is 6. The highest BCUT2D eigenvalue weighted by Gasteiger charge is 2.64. The lowest BCUT2D eigenvalue weighted by Crippen LogP contribution is -2.31. The second-order valence-electron chi connectivity index (χ2n) is 5.86. The number of nitrogens with zero attached hydrogens (tertiary/aromatic N) is 1. The third kappa shape index (κ3) is 3.06. The average molecular weight is 319 g/mol. The van der Waals surface area contributed by atoms with Crippen LogP contribution in [0.2, 0.25) is 0 Å². The molecule has 22 heavy (non-hydrogen) atoms. The second kappa shape index (κ2) is 6.42. The number of esters is 1. The highest BCUT2D eigenvalue weighted by atomic mass is 32.2. The molecule has 118 valence electrons. The molecule has 3 atom stereocenters. The normalized spacial score (nSPS) is 29.5. The highest BCUT2D eigenvalue weighted by Crippen LogP contribution is 2.62. The van der Waals surface area contributed by atoms with Crippen LogP contribution in [0.1, 0.15) is 25.3 Å². The molecule has 1 saturated carbocycles. The Kier molecular flexibility index (Phi) is 4.54. The van der Waals surface area contributed by atoms with Crippen molar-refractivity contribution in [3.63, 3.8) is 0 Å². The fourth-order valence-corrected chi connectivity index (χ4v) is 4.67. The van der Waals surface area contributed by atoms with Gasteiger partial charge < -0.3 is 9.47 Å². The van der Waals surface area contributed by atoms with Crippen LogP contribution < -0.4 is 0 Å². The minimum Gasteiger partial charge on any atom is -0.467 e. The van der Waals surface area contributed by atoms with Gasteiger partial charge in [-0.15, -0.1) is 11.8 Å². The number of thioether (sulfide) groups is 1. The van der Waals surface area contributed by atoms with E-state index in [2.05, 4.69) is 17.1 Å². The van der Waals surface area contributed by atoms with Crippen molar-refractivity contribution in [2.45, 2.75) is 37.2 Å². The van der Waals surface area contributed by atoms with Gasteiger partial charge in [0.1, 0.15) is 0 Å². The number of aliphatic imine (C=N–C) groups is 1. The van der Waals surface area contributed by atoms with Crippen molar-refractivity contribution in [2.24, 2.45) is 10.9 Å².